The van der Waals surface area contributed by atoms with Crippen LogP contribution < -0.4 is 5.32 Å². The fourth-order valence-corrected chi connectivity index (χ4v) is 2.64. The number of carboxylic acid groups (broad SMARTS) is 2. The Morgan fingerprint density at radius 1 is 1.45 bits per heavy atom. The maximum atomic E-state index is 11.0. The molecule has 0 radical (unpaired) electrons. The van der Waals surface area contributed by atoms with Gasteiger partial charge in [0.25, 0.3) is 0 Å². The van der Waals surface area contributed by atoms with Crippen LogP contribution in [0.25, 0.3) is 0 Å². The summed E-state index contributed by atoms with van der Waals surface area (Å²) in [7, 11) is 0. The third kappa shape index (κ3) is 3.11. The van der Waals surface area contributed by atoms with E-state index < -0.39 is 18.0 Å². The Morgan fingerprint density at radius 2 is 2.20 bits per heavy atom. The Kier molecular flexibility index (Phi) is 4.29. The summed E-state index contributed by atoms with van der Waals surface area (Å²) in [4.78, 5) is 26.3. The van der Waals surface area contributed by atoms with Crippen molar-refractivity contribution in [3.63, 3.8) is 0 Å². The molecule has 7 heteroatoms. The molecule has 1 aliphatic heterocycles. The minimum Gasteiger partial charge on any atom is -0.481 e. The maximum absolute atomic E-state index is 11.0. The third-order valence-electron chi connectivity index (χ3n) is 2.98. The first kappa shape index (κ1) is 14.4. The van der Waals surface area contributed by atoms with E-state index in [0.29, 0.717) is 17.3 Å². The van der Waals surface area contributed by atoms with Gasteiger partial charge >= 0.3 is 11.9 Å². The van der Waals surface area contributed by atoms with Gasteiger partial charge in [-0.1, -0.05) is 6.07 Å². The van der Waals surface area contributed by atoms with Crippen molar-refractivity contribution in [2.24, 2.45) is 4.99 Å². The SMILES string of the molecule is CSC1=NCc2ccc(C(=O)O)cc2NC1CC(=O)O. The molecule has 106 valence electrons. The summed E-state index contributed by atoms with van der Waals surface area (Å²) in [6.45, 7) is 0.411. The van der Waals surface area contributed by atoms with Crippen LogP contribution in [0.5, 0.6) is 0 Å². The van der Waals surface area contributed by atoms with Gasteiger partial charge in [0.1, 0.15) is 0 Å². The molecule has 1 unspecified atom stereocenters. The fourth-order valence-electron chi connectivity index (χ4n) is 2.02. The second-order valence-corrected chi connectivity index (χ2v) is 5.16. The van der Waals surface area contributed by atoms with Gasteiger partial charge in [-0.2, -0.15) is 0 Å². The van der Waals surface area contributed by atoms with E-state index in [1.807, 2.05) is 6.26 Å². The van der Waals surface area contributed by atoms with E-state index in [0.717, 1.165) is 5.56 Å². The predicted molar refractivity (Wildman–Crippen MR) is 77.7 cm³/mol. The molecule has 0 amide bonds. The van der Waals surface area contributed by atoms with Crippen LogP contribution in [0.3, 0.4) is 0 Å². The van der Waals surface area contributed by atoms with Crippen molar-refractivity contribution in [3.8, 4) is 0 Å². The van der Waals surface area contributed by atoms with Crippen molar-refractivity contribution < 1.29 is 19.8 Å². The Morgan fingerprint density at radius 3 is 2.80 bits per heavy atom. The number of aliphatic imine (C=N–C) groups is 1. The van der Waals surface area contributed by atoms with E-state index in [9.17, 15) is 9.59 Å². The van der Waals surface area contributed by atoms with Crippen LogP contribution in [0, 0.1) is 0 Å². The maximum Gasteiger partial charge on any atom is 0.335 e. The molecule has 20 heavy (non-hydrogen) atoms. The number of benzene rings is 1. The average Bonchev–Trinajstić information content (AvgIpc) is 2.55. The molecule has 0 spiro atoms. The number of carboxylic acids is 2. The van der Waals surface area contributed by atoms with Crippen LogP contribution in [0.15, 0.2) is 23.2 Å². The molecule has 0 fully saturated rings. The lowest BCUT2D eigenvalue weighted by Crippen LogP contribution is -2.29. The zero-order valence-corrected chi connectivity index (χ0v) is 11.6. The Hall–Kier alpha value is -2.02. The molecule has 0 bridgehead atoms. The van der Waals surface area contributed by atoms with E-state index in [1.54, 1.807) is 6.07 Å². The van der Waals surface area contributed by atoms with Crippen LogP contribution in [-0.2, 0) is 11.3 Å². The summed E-state index contributed by atoms with van der Waals surface area (Å²) in [6.07, 6.45) is 1.74. The van der Waals surface area contributed by atoms with Crippen molar-refractivity contribution in [3.05, 3.63) is 29.3 Å². The minimum absolute atomic E-state index is 0.101. The number of rotatable bonds is 3. The van der Waals surface area contributed by atoms with Crippen molar-refractivity contribution >= 4 is 34.4 Å². The first-order valence-corrected chi connectivity index (χ1v) is 7.16. The van der Waals surface area contributed by atoms with Crippen LogP contribution >= 0.6 is 11.8 Å². The smallest absolute Gasteiger partial charge is 0.335 e. The lowest BCUT2D eigenvalue weighted by molar-refractivity contribution is -0.136. The molecule has 0 aliphatic carbocycles. The molecule has 1 aromatic carbocycles. The van der Waals surface area contributed by atoms with Gasteiger partial charge in [0.15, 0.2) is 0 Å². The number of fused-ring (bicyclic) bond motifs is 1. The minimum atomic E-state index is -1.01. The molecule has 0 aromatic heterocycles. The number of nitrogens with one attached hydrogen (secondary N) is 1. The highest BCUT2D eigenvalue weighted by molar-refractivity contribution is 8.13. The molecule has 1 aliphatic rings. The van der Waals surface area contributed by atoms with E-state index >= 15 is 0 Å². The quantitative estimate of drug-likeness (QED) is 0.787. The Bertz CT molecular complexity index is 586. The molecular weight excluding hydrogens is 280 g/mol. The first-order chi connectivity index (χ1) is 9.51. The lowest BCUT2D eigenvalue weighted by atomic mass is 10.1. The summed E-state index contributed by atoms with van der Waals surface area (Å²) in [5.74, 6) is -1.94. The molecule has 2 rings (SSSR count). The van der Waals surface area contributed by atoms with Crippen molar-refractivity contribution in [2.45, 2.75) is 19.0 Å². The van der Waals surface area contributed by atoms with Gasteiger partial charge in [0, 0.05) is 5.69 Å². The van der Waals surface area contributed by atoms with Gasteiger partial charge in [0.2, 0.25) is 0 Å². The van der Waals surface area contributed by atoms with Gasteiger partial charge in [-0.15, -0.1) is 11.8 Å². The molecule has 0 saturated carbocycles. The van der Waals surface area contributed by atoms with Crippen molar-refractivity contribution in [1.29, 1.82) is 0 Å². The highest BCUT2D eigenvalue weighted by Crippen LogP contribution is 2.26. The Balaban J connectivity index is 2.36. The largest absolute Gasteiger partial charge is 0.481 e. The normalized spacial score (nSPS) is 17.4. The Labute approximate surface area is 119 Å². The van der Waals surface area contributed by atoms with Crippen LogP contribution in [0.4, 0.5) is 5.69 Å². The van der Waals surface area contributed by atoms with Gasteiger partial charge in [-0.25, -0.2) is 4.79 Å². The van der Waals surface area contributed by atoms with E-state index in [4.69, 9.17) is 10.2 Å². The van der Waals surface area contributed by atoms with Crippen molar-refractivity contribution in [1.82, 2.24) is 0 Å². The van der Waals surface area contributed by atoms with Crippen LogP contribution in [-0.4, -0.2) is 39.5 Å². The highest BCUT2D eigenvalue weighted by Gasteiger charge is 2.23. The van der Waals surface area contributed by atoms with Gasteiger partial charge in [-0.3, -0.25) is 9.79 Å². The summed E-state index contributed by atoms with van der Waals surface area (Å²) in [5.41, 5.74) is 1.65. The number of carbonyl (C=O) groups is 2. The number of aromatic carboxylic acids is 1. The molecule has 1 heterocycles. The summed E-state index contributed by atoms with van der Waals surface area (Å²) in [5, 5.41) is 21.8. The molecule has 1 atom stereocenters. The first-order valence-electron chi connectivity index (χ1n) is 5.94. The highest BCUT2D eigenvalue weighted by atomic mass is 32.2. The lowest BCUT2D eigenvalue weighted by Gasteiger charge is -2.18. The third-order valence-corrected chi connectivity index (χ3v) is 3.81. The standard InChI is InChI=1S/C13H14N2O4S/c1-20-12-10(5-11(16)17)15-9-4-7(13(18)19)2-3-8(9)6-14-12/h2-4,10,15H,5-6H2,1H3,(H,16,17)(H,18,19). The number of thioether (sulfide) groups is 1. The summed E-state index contributed by atoms with van der Waals surface area (Å²) >= 11 is 1.40. The summed E-state index contributed by atoms with van der Waals surface area (Å²) < 4.78 is 0. The number of aliphatic carboxylic acids is 1. The topological polar surface area (TPSA) is 99.0 Å². The molecular formula is C13H14N2O4S. The van der Waals surface area contributed by atoms with Crippen molar-refractivity contribution in [2.75, 3.05) is 11.6 Å². The average molecular weight is 294 g/mol. The van der Waals surface area contributed by atoms with Gasteiger partial charge in [-0.05, 0) is 24.0 Å². The summed E-state index contributed by atoms with van der Waals surface area (Å²) in [6, 6.07) is 4.31. The number of hydrogen-bond acceptors (Lipinski definition) is 5. The zero-order valence-electron chi connectivity index (χ0n) is 10.8. The van der Waals surface area contributed by atoms with E-state index in [2.05, 4.69) is 10.3 Å². The second-order valence-electron chi connectivity index (χ2n) is 4.33. The number of nitrogens with zero attached hydrogens (tertiary/aromatic N) is 1. The predicted octanol–water partition coefficient (Wildman–Crippen LogP) is 1.92. The molecule has 3 N–H and O–H groups in total. The van der Waals surface area contributed by atoms with Crippen LogP contribution in [0.2, 0.25) is 0 Å². The van der Waals surface area contributed by atoms with E-state index in [1.165, 1.54) is 23.9 Å². The monoisotopic (exact) mass is 294 g/mol. The second kappa shape index (κ2) is 5.96. The zero-order chi connectivity index (χ0) is 14.7. The number of hydrogen-bond donors (Lipinski definition) is 3. The molecule has 0 saturated heterocycles. The van der Waals surface area contributed by atoms with E-state index in [-0.39, 0.29) is 12.0 Å². The van der Waals surface area contributed by atoms with Gasteiger partial charge in [0.05, 0.1) is 29.6 Å². The van der Waals surface area contributed by atoms with Gasteiger partial charge < -0.3 is 15.5 Å². The van der Waals surface area contributed by atoms with Crippen LogP contribution in [0.1, 0.15) is 22.3 Å². The molecule has 6 nitrogen and oxygen atoms in total. The number of anilines is 1. The molecule has 1 aromatic rings. The fraction of sp³-hybridized carbons (Fsp3) is 0.308.